The first-order valence-corrected chi connectivity index (χ1v) is 8.97. The zero-order valence-corrected chi connectivity index (χ0v) is 15.1. The molecular formula is C20H20N6O. The normalized spacial score (nSPS) is 14.4. The van der Waals surface area contributed by atoms with E-state index in [0.29, 0.717) is 5.69 Å². The van der Waals surface area contributed by atoms with Crippen molar-refractivity contribution in [3.63, 3.8) is 0 Å². The van der Waals surface area contributed by atoms with Gasteiger partial charge in [0, 0.05) is 44.2 Å². The zero-order chi connectivity index (χ0) is 18.8. The van der Waals surface area contributed by atoms with Gasteiger partial charge >= 0.3 is 0 Å². The van der Waals surface area contributed by atoms with Gasteiger partial charge in [-0.05, 0) is 36.8 Å². The Morgan fingerprint density at radius 1 is 1.26 bits per heavy atom. The summed E-state index contributed by atoms with van der Waals surface area (Å²) in [6.07, 6.45) is 0.993. The van der Waals surface area contributed by atoms with E-state index in [0.717, 1.165) is 60.6 Å². The molecule has 0 radical (unpaired) electrons. The van der Waals surface area contributed by atoms with Gasteiger partial charge in [-0.2, -0.15) is 10.4 Å². The van der Waals surface area contributed by atoms with Crippen molar-refractivity contribution in [2.75, 3.05) is 11.9 Å². The summed E-state index contributed by atoms with van der Waals surface area (Å²) < 4.78 is 1.94. The summed E-state index contributed by atoms with van der Waals surface area (Å²) in [5.74, 6) is -0.0844. The second kappa shape index (κ2) is 7.17. The maximum absolute atomic E-state index is 11.2. The molecule has 2 aromatic heterocycles. The van der Waals surface area contributed by atoms with Crippen LogP contribution in [0.2, 0.25) is 0 Å². The van der Waals surface area contributed by atoms with Crippen molar-refractivity contribution in [3.8, 4) is 6.07 Å². The van der Waals surface area contributed by atoms with Crippen LogP contribution in [0.25, 0.3) is 10.9 Å². The molecule has 0 saturated heterocycles. The highest BCUT2D eigenvalue weighted by Crippen LogP contribution is 2.20. The van der Waals surface area contributed by atoms with Gasteiger partial charge in [-0.3, -0.25) is 19.4 Å². The number of amides is 1. The molecule has 0 bridgehead atoms. The van der Waals surface area contributed by atoms with Crippen molar-refractivity contribution < 1.29 is 4.79 Å². The number of nitrogens with zero attached hydrogens (tertiary/aromatic N) is 5. The van der Waals surface area contributed by atoms with E-state index < -0.39 is 0 Å². The van der Waals surface area contributed by atoms with Gasteiger partial charge in [-0.25, -0.2) is 0 Å². The number of anilines is 1. The number of pyridine rings is 1. The topological polar surface area (TPSA) is 86.8 Å². The minimum absolute atomic E-state index is 0.0844. The highest BCUT2D eigenvalue weighted by atomic mass is 16.1. The van der Waals surface area contributed by atoms with Gasteiger partial charge in [-0.1, -0.05) is 6.07 Å². The van der Waals surface area contributed by atoms with Crippen LogP contribution in [0.1, 0.15) is 30.4 Å². The number of nitrogens with one attached hydrogen (secondary N) is 1. The van der Waals surface area contributed by atoms with Gasteiger partial charge in [0.15, 0.2) is 5.69 Å². The van der Waals surface area contributed by atoms with Crippen LogP contribution in [0.3, 0.4) is 0 Å². The van der Waals surface area contributed by atoms with Crippen molar-refractivity contribution in [1.29, 1.82) is 5.26 Å². The summed E-state index contributed by atoms with van der Waals surface area (Å²) in [6.45, 7) is 4.81. The largest absolute Gasteiger partial charge is 0.326 e. The van der Waals surface area contributed by atoms with Crippen LogP contribution >= 0.6 is 0 Å². The molecular weight excluding hydrogens is 340 g/mol. The van der Waals surface area contributed by atoms with Crippen molar-refractivity contribution in [3.05, 3.63) is 53.5 Å². The maximum atomic E-state index is 11.2. The predicted molar refractivity (Wildman–Crippen MR) is 102 cm³/mol. The van der Waals surface area contributed by atoms with Gasteiger partial charge in [-0.15, -0.1) is 0 Å². The lowest BCUT2D eigenvalue weighted by atomic mass is 10.1. The number of aryl methyl sites for hydroxylation is 1. The van der Waals surface area contributed by atoms with E-state index in [1.807, 2.05) is 41.1 Å². The standard InChI is InChI=1S/C20H20N6O/c1-14(27)22-16-5-6-20-15(9-16)3-4-17(23-20)12-25-7-2-8-26-19(13-25)10-18(11-21)24-26/h3-6,9-10H,2,7-8,12-13H2,1H3,(H,22,27). The molecule has 0 atom stereocenters. The number of nitriles is 1. The van der Waals surface area contributed by atoms with Crippen LogP contribution in [0.4, 0.5) is 5.69 Å². The van der Waals surface area contributed by atoms with E-state index in [1.165, 1.54) is 6.92 Å². The second-order valence-corrected chi connectivity index (χ2v) is 6.81. The Bertz CT molecular complexity index is 1050. The molecule has 0 saturated carbocycles. The first-order chi connectivity index (χ1) is 13.1. The van der Waals surface area contributed by atoms with Crippen LogP contribution in [-0.2, 0) is 24.4 Å². The third-order valence-corrected chi connectivity index (χ3v) is 4.66. The number of carbonyl (C=O) groups excluding carboxylic acids is 1. The van der Waals surface area contributed by atoms with Crippen molar-refractivity contribution in [2.24, 2.45) is 0 Å². The summed E-state index contributed by atoms with van der Waals surface area (Å²) in [5.41, 5.74) is 4.24. The number of hydrogen-bond donors (Lipinski definition) is 1. The third-order valence-electron chi connectivity index (χ3n) is 4.66. The Morgan fingerprint density at radius 3 is 2.96 bits per heavy atom. The summed E-state index contributed by atoms with van der Waals surface area (Å²) in [7, 11) is 0. The summed E-state index contributed by atoms with van der Waals surface area (Å²) in [5, 5.41) is 17.2. The number of fused-ring (bicyclic) bond motifs is 2. The molecule has 0 spiro atoms. The summed E-state index contributed by atoms with van der Waals surface area (Å²) >= 11 is 0. The molecule has 1 aliphatic rings. The Morgan fingerprint density at radius 2 is 2.15 bits per heavy atom. The quantitative estimate of drug-likeness (QED) is 0.776. The molecule has 1 aliphatic heterocycles. The van der Waals surface area contributed by atoms with E-state index >= 15 is 0 Å². The first-order valence-electron chi connectivity index (χ1n) is 8.97. The number of aromatic nitrogens is 3. The van der Waals surface area contributed by atoms with E-state index in [4.69, 9.17) is 10.2 Å². The minimum atomic E-state index is -0.0844. The number of hydrogen-bond acceptors (Lipinski definition) is 5. The fourth-order valence-electron chi connectivity index (χ4n) is 3.48. The van der Waals surface area contributed by atoms with Gasteiger partial charge < -0.3 is 5.32 Å². The molecule has 136 valence electrons. The highest BCUT2D eigenvalue weighted by Gasteiger charge is 2.17. The Labute approximate surface area is 157 Å². The van der Waals surface area contributed by atoms with Gasteiger partial charge in [0.1, 0.15) is 6.07 Å². The minimum Gasteiger partial charge on any atom is -0.326 e. The van der Waals surface area contributed by atoms with Crippen LogP contribution in [0.5, 0.6) is 0 Å². The smallest absolute Gasteiger partial charge is 0.221 e. The zero-order valence-electron chi connectivity index (χ0n) is 15.1. The molecule has 3 heterocycles. The van der Waals surface area contributed by atoms with Gasteiger partial charge in [0.05, 0.1) is 16.9 Å². The molecule has 1 amide bonds. The Balaban J connectivity index is 1.52. The van der Waals surface area contributed by atoms with Crippen molar-refractivity contribution >= 4 is 22.5 Å². The van der Waals surface area contributed by atoms with Gasteiger partial charge in [0.25, 0.3) is 0 Å². The molecule has 7 nitrogen and oxygen atoms in total. The molecule has 4 rings (SSSR count). The maximum Gasteiger partial charge on any atom is 0.221 e. The van der Waals surface area contributed by atoms with E-state index in [2.05, 4.69) is 21.4 Å². The fraction of sp³-hybridized carbons (Fsp3) is 0.300. The van der Waals surface area contributed by atoms with Crippen molar-refractivity contribution in [2.45, 2.75) is 33.0 Å². The molecule has 1 aromatic carbocycles. The molecule has 0 aliphatic carbocycles. The molecule has 3 aromatic rings. The van der Waals surface area contributed by atoms with Crippen LogP contribution in [0, 0.1) is 11.3 Å². The fourth-order valence-corrected chi connectivity index (χ4v) is 3.48. The Hall–Kier alpha value is -3.24. The molecule has 7 heteroatoms. The van der Waals surface area contributed by atoms with Crippen LogP contribution in [0.15, 0.2) is 36.4 Å². The molecule has 1 N–H and O–H groups in total. The Kier molecular flexibility index (Phi) is 4.57. The monoisotopic (exact) mass is 360 g/mol. The second-order valence-electron chi connectivity index (χ2n) is 6.81. The number of rotatable bonds is 3. The van der Waals surface area contributed by atoms with Gasteiger partial charge in [0.2, 0.25) is 5.91 Å². The first kappa shape index (κ1) is 17.2. The predicted octanol–water partition coefficient (Wildman–Crippen LogP) is 2.67. The average molecular weight is 360 g/mol. The van der Waals surface area contributed by atoms with E-state index in [1.54, 1.807) is 0 Å². The summed E-state index contributed by atoms with van der Waals surface area (Å²) in [6, 6.07) is 13.8. The number of benzene rings is 1. The summed E-state index contributed by atoms with van der Waals surface area (Å²) in [4.78, 5) is 18.3. The highest BCUT2D eigenvalue weighted by molar-refractivity contribution is 5.92. The lowest BCUT2D eigenvalue weighted by Gasteiger charge is -2.19. The number of carbonyl (C=O) groups is 1. The molecule has 0 unspecified atom stereocenters. The van der Waals surface area contributed by atoms with Crippen molar-refractivity contribution in [1.82, 2.24) is 19.7 Å². The van der Waals surface area contributed by atoms with E-state index in [-0.39, 0.29) is 5.91 Å². The lowest BCUT2D eigenvalue weighted by Crippen LogP contribution is -2.23. The van der Waals surface area contributed by atoms with Crippen LogP contribution < -0.4 is 5.32 Å². The van der Waals surface area contributed by atoms with E-state index in [9.17, 15) is 4.79 Å². The molecule has 27 heavy (non-hydrogen) atoms. The lowest BCUT2D eigenvalue weighted by molar-refractivity contribution is -0.114. The molecule has 0 fully saturated rings. The third kappa shape index (κ3) is 3.81. The SMILES string of the molecule is CC(=O)Nc1ccc2nc(CN3CCCn4nc(C#N)cc4C3)ccc2c1. The average Bonchev–Trinajstić information content (AvgIpc) is 2.93. The van der Waals surface area contributed by atoms with Crippen LogP contribution in [-0.4, -0.2) is 32.1 Å².